The average molecular weight is 324 g/mol. The van der Waals surface area contributed by atoms with Crippen LogP contribution in [0.5, 0.6) is 0 Å². The van der Waals surface area contributed by atoms with Crippen molar-refractivity contribution in [3.8, 4) is 0 Å². The van der Waals surface area contributed by atoms with E-state index in [-0.39, 0.29) is 16.6 Å². The Labute approximate surface area is 123 Å². The predicted molar refractivity (Wildman–Crippen MR) is 74.1 cm³/mol. The molecule has 0 amide bonds. The maximum absolute atomic E-state index is 11.8. The van der Waals surface area contributed by atoms with Crippen LogP contribution in [0.4, 0.5) is 0 Å². The Kier molecular flexibility index (Phi) is 4.17. The first-order valence-electron chi connectivity index (χ1n) is 4.84. The molecule has 0 atom stereocenters. The third-order valence-electron chi connectivity index (χ3n) is 2.28. The molecule has 18 heavy (non-hydrogen) atoms. The quantitative estimate of drug-likeness (QED) is 0.840. The SMILES string of the molecule is O=c1c(Cl)c(Cl)cnn1Cc1ccc(Cl)cc1Cl. The lowest BCUT2D eigenvalue weighted by Crippen LogP contribution is -2.23. The molecule has 94 valence electrons. The first-order chi connectivity index (χ1) is 8.49. The van der Waals surface area contributed by atoms with Gasteiger partial charge in [-0.1, -0.05) is 52.5 Å². The van der Waals surface area contributed by atoms with Crippen LogP contribution in [0.2, 0.25) is 20.1 Å². The van der Waals surface area contributed by atoms with Crippen LogP contribution < -0.4 is 5.56 Å². The van der Waals surface area contributed by atoms with Gasteiger partial charge in [-0.25, -0.2) is 4.68 Å². The van der Waals surface area contributed by atoms with Gasteiger partial charge in [0.15, 0.2) is 0 Å². The summed E-state index contributed by atoms with van der Waals surface area (Å²) in [5, 5.41) is 4.95. The number of hydrogen-bond acceptors (Lipinski definition) is 2. The van der Waals surface area contributed by atoms with Crippen molar-refractivity contribution in [2.24, 2.45) is 0 Å². The van der Waals surface area contributed by atoms with Gasteiger partial charge >= 0.3 is 0 Å². The van der Waals surface area contributed by atoms with Crippen LogP contribution in [0, 0.1) is 0 Å². The van der Waals surface area contributed by atoms with Gasteiger partial charge in [-0.3, -0.25) is 4.79 Å². The lowest BCUT2D eigenvalue weighted by molar-refractivity contribution is 0.639. The highest BCUT2D eigenvalue weighted by Gasteiger charge is 2.09. The lowest BCUT2D eigenvalue weighted by atomic mass is 10.2. The Bertz CT molecular complexity index is 654. The van der Waals surface area contributed by atoms with Crippen LogP contribution in [0.15, 0.2) is 29.2 Å². The highest BCUT2D eigenvalue weighted by atomic mass is 35.5. The molecule has 1 heterocycles. The van der Waals surface area contributed by atoms with Crippen molar-refractivity contribution < 1.29 is 0 Å². The third-order valence-corrected chi connectivity index (χ3v) is 3.61. The number of halogens is 4. The van der Waals surface area contributed by atoms with Crippen LogP contribution in [-0.2, 0) is 6.54 Å². The molecular weight excluding hydrogens is 318 g/mol. The summed E-state index contributed by atoms with van der Waals surface area (Å²) in [7, 11) is 0. The van der Waals surface area contributed by atoms with E-state index in [0.29, 0.717) is 15.6 Å². The van der Waals surface area contributed by atoms with E-state index in [1.165, 1.54) is 10.9 Å². The molecule has 0 bridgehead atoms. The van der Waals surface area contributed by atoms with Crippen molar-refractivity contribution in [2.75, 3.05) is 0 Å². The Morgan fingerprint density at radius 1 is 1.11 bits per heavy atom. The fourth-order valence-electron chi connectivity index (χ4n) is 1.37. The summed E-state index contributed by atoms with van der Waals surface area (Å²) in [4.78, 5) is 11.8. The second-order valence-electron chi connectivity index (χ2n) is 3.51. The summed E-state index contributed by atoms with van der Waals surface area (Å²) in [5.74, 6) is 0. The van der Waals surface area contributed by atoms with Gasteiger partial charge in [0.25, 0.3) is 5.56 Å². The van der Waals surface area contributed by atoms with Crippen LogP contribution in [0.3, 0.4) is 0 Å². The maximum Gasteiger partial charge on any atom is 0.287 e. The van der Waals surface area contributed by atoms with Crippen molar-refractivity contribution in [2.45, 2.75) is 6.54 Å². The predicted octanol–water partition coefficient (Wildman–Crippen LogP) is 3.91. The van der Waals surface area contributed by atoms with Crippen molar-refractivity contribution in [1.82, 2.24) is 9.78 Å². The molecule has 2 aromatic rings. The topological polar surface area (TPSA) is 34.9 Å². The summed E-state index contributed by atoms with van der Waals surface area (Å²) in [6, 6.07) is 5.01. The number of hydrogen-bond donors (Lipinski definition) is 0. The minimum absolute atomic E-state index is 0.0586. The van der Waals surface area contributed by atoms with E-state index in [1.54, 1.807) is 18.2 Å². The molecule has 1 aromatic carbocycles. The van der Waals surface area contributed by atoms with Crippen LogP contribution >= 0.6 is 46.4 Å². The van der Waals surface area contributed by atoms with Crippen molar-refractivity contribution in [3.05, 3.63) is 60.4 Å². The fourth-order valence-corrected chi connectivity index (χ4v) is 2.11. The minimum atomic E-state index is -0.463. The molecule has 0 unspecified atom stereocenters. The highest BCUT2D eigenvalue weighted by Crippen LogP contribution is 2.21. The van der Waals surface area contributed by atoms with Crippen molar-refractivity contribution in [1.29, 1.82) is 0 Å². The summed E-state index contributed by atoms with van der Waals surface area (Å²) in [5.41, 5.74) is 0.254. The Morgan fingerprint density at radius 3 is 2.50 bits per heavy atom. The Hall–Kier alpha value is -0.740. The van der Waals surface area contributed by atoms with E-state index >= 15 is 0 Å². The van der Waals surface area contributed by atoms with E-state index in [4.69, 9.17) is 46.4 Å². The lowest BCUT2D eigenvalue weighted by Gasteiger charge is -2.07. The highest BCUT2D eigenvalue weighted by molar-refractivity contribution is 6.41. The van der Waals surface area contributed by atoms with E-state index in [2.05, 4.69) is 5.10 Å². The van der Waals surface area contributed by atoms with E-state index in [1.807, 2.05) is 0 Å². The molecule has 0 fully saturated rings. The first kappa shape index (κ1) is 13.7. The summed E-state index contributed by atoms with van der Waals surface area (Å²) < 4.78 is 1.18. The van der Waals surface area contributed by atoms with E-state index in [0.717, 1.165) is 0 Å². The molecule has 2 rings (SSSR count). The third kappa shape index (κ3) is 2.81. The largest absolute Gasteiger partial charge is 0.287 e. The van der Waals surface area contributed by atoms with Gasteiger partial charge in [-0.05, 0) is 17.7 Å². The van der Waals surface area contributed by atoms with Crippen LogP contribution in [0.25, 0.3) is 0 Å². The summed E-state index contributed by atoms with van der Waals surface area (Å²) in [6.07, 6.45) is 1.31. The molecule has 1 aromatic heterocycles. The van der Waals surface area contributed by atoms with Crippen LogP contribution in [-0.4, -0.2) is 9.78 Å². The molecule has 0 spiro atoms. The van der Waals surface area contributed by atoms with E-state index < -0.39 is 5.56 Å². The minimum Gasteiger partial charge on any atom is -0.266 e. The van der Waals surface area contributed by atoms with Gasteiger partial charge in [-0.15, -0.1) is 0 Å². The molecule has 0 saturated heterocycles. The molecular formula is C11H6Cl4N2O. The smallest absolute Gasteiger partial charge is 0.266 e. The van der Waals surface area contributed by atoms with Gasteiger partial charge in [0.2, 0.25) is 0 Å². The molecule has 0 N–H and O–H groups in total. The van der Waals surface area contributed by atoms with Crippen LogP contribution in [0.1, 0.15) is 5.56 Å². The van der Waals surface area contributed by atoms with Crippen molar-refractivity contribution >= 4 is 46.4 Å². The fraction of sp³-hybridized carbons (Fsp3) is 0.0909. The Morgan fingerprint density at radius 2 is 1.83 bits per heavy atom. The molecule has 7 heteroatoms. The summed E-state index contributed by atoms with van der Waals surface area (Å²) >= 11 is 23.3. The van der Waals surface area contributed by atoms with Gasteiger partial charge < -0.3 is 0 Å². The molecule has 0 aliphatic heterocycles. The summed E-state index contributed by atoms with van der Waals surface area (Å²) in [6.45, 7) is 0.200. The van der Waals surface area contributed by atoms with Gasteiger partial charge in [0.05, 0.1) is 17.8 Å². The average Bonchev–Trinajstić information content (AvgIpc) is 2.33. The molecule has 3 nitrogen and oxygen atoms in total. The molecule has 0 aliphatic carbocycles. The number of nitrogens with zero attached hydrogens (tertiary/aromatic N) is 2. The number of aromatic nitrogens is 2. The van der Waals surface area contributed by atoms with Gasteiger partial charge in [-0.2, -0.15) is 5.10 Å². The number of benzene rings is 1. The van der Waals surface area contributed by atoms with E-state index in [9.17, 15) is 4.79 Å². The number of rotatable bonds is 2. The monoisotopic (exact) mass is 322 g/mol. The van der Waals surface area contributed by atoms with Gasteiger partial charge in [0.1, 0.15) is 5.02 Å². The second-order valence-corrected chi connectivity index (χ2v) is 5.13. The zero-order chi connectivity index (χ0) is 13.3. The van der Waals surface area contributed by atoms with Crippen molar-refractivity contribution in [3.63, 3.8) is 0 Å². The van der Waals surface area contributed by atoms with Gasteiger partial charge in [0, 0.05) is 10.0 Å². The molecule has 0 saturated carbocycles. The molecule has 0 aliphatic rings. The molecule has 0 radical (unpaired) electrons. The Balaban J connectivity index is 2.41. The maximum atomic E-state index is 11.8. The zero-order valence-corrected chi connectivity index (χ0v) is 11.9. The normalized spacial score (nSPS) is 10.7. The standard InChI is InChI=1S/C11H6Cl4N2O/c12-7-2-1-6(8(13)3-7)5-17-11(18)10(15)9(14)4-16-17/h1-4H,5H2. The zero-order valence-electron chi connectivity index (χ0n) is 8.83. The first-order valence-corrected chi connectivity index (χ1v) is 6.35. The second kappa shape index (κ2) is 5.49.